The van der Waals surface area contributed by atoms with Gasteiger partial charge in [-0.05, 0) is 26.4 Å². The molecule has 1 aromatic heterocycles. The summed E-state index contributed by atoms with van der Waals surface area (Å²) in [7, 11) is 4.01. The van der Waals surface area contributed by atoms with Gasteiger partial charge in [0.25, 0.3) is 0 Å². The Morgan fingerprint density at radius 3 is 2.79 bits per heavy atom. The minimum absolute atomic E-state index is 0.260. The maximum Gasteiger partial charge on any atom is 0.144 e. The van der Waals surface area contributed by atoms with Crippen molar-refractivity contribution < 1.29 is 5.21 Å². The second-order valence-electron chi connectivity index (χ2n) is 5.73. The van der Waals surface area contributed by atoms with E-state index in [0.29, 0.717) is 5.84 Å². The number of rotatable bonds is 7. The van der Waals surface area contributed by atoms with E-state index in [2.05, 4.69) is 22.2 Å². The lowest BCUT2D eigenvalue weighted by Crippen LogP contribution is -2.32. The van der Waals surface area contributed by atoms with E-state index in [1.54, 1.807) is 0 Å². The van der Waals surface area contributed by atoms with Crippen LogP contribution in [0.5, 0.6) is 0 Å². The Labute approximate surface area is 114 Å². The maximum atomic E-state index is 8.72. The summed E-state index contributed by atoms with van der Waals surface area (Å²) in [5.74, 6) is 0.294. The number of oxime groups is 1. The normalized spacial score (nSPS) is 13.2. The van der Waals surface area contributed by atoms with Gasteiger partial charge in [0.1, 0.15) is 5.84 Å². The molecule has 0 aliphatic carbocycles. The highest BCUT2D eigenvalue weighted by Gasteiger charge is 2.23. The van der Waals surface area contributed by atoms with Crippen molar-refractivity contribution in [3.63, 3.8) is 0 Å². The standard InChI is InChI=1S/C13H25N5O/c1-13(2,12(14)16-19)6-5-7-17(3)9-11-8-15-18(4)10-11/h8,10,19H,5-7,9H2,1-4H3,(H2,14,16). The molecule has 6 heteroatoms. The molecule has 0 amide bonds. The fraction of sp³-hybridized carbons (Fsp3) is 0.692. The summed E-state index contributed by atoms with van der Waals surface area (Å²) >= 11 is 0. The zero-order valence-electron chi connectivity index (χ0n) is 12.3. The van der Waals surface area contributed by atoms with Crippen molar-refractivity contribution in [2.24, 2.45) is 23.4 Å². The van der Waals surface area contributed by atoms with Crippen molar-refractivity contribution in [1.82, 2.24) is 14.7 Å². The highest BCUT2D eigenvalue weighted by Crippen LogP contribution is 2.22. The van der Waals surface area contributed by atoms with Crippen LogP contribution >= 0.6 is 0 Å². The molecular formula is C13H25N5O. The Balaban J connectivity index is 2.33. The topological polar surface area (TPSA) is 79.7 Å². The lowest BCUT2D eigenvalue weighted by atomic mass is 9.86. The first-order chi connectivity index (χ1) is 8.85. The third kappa shape index (κ3) is 4.90. The number of aromatic nitrogens is 2. The van der Waals surface area contributed by atoms with Gasteiger partial charge < -0.3 is 15.8 Å². The number of nitrogens with zero attached hydrogens (tertiary/aromatic N) is 4. The van der Waals surface area contributed by atoms with E-state index in [0.717, 1.165) is 25.9 Å². The van der Waals surface area contributed by atoms with Crippen LogP contribution in [0, 0.1) is 5.41 Å². The van der Waals surface area contributed by atoms with Crippen LogP contribution in [0.4, 0.5) is 0 Å². The van der Waals surface area contributed by atoms with E-state index in [4.69, 9.17) is 10.9 Å². The SMILES string of the molecule is CN(CCCC(C)(C)C(N)=NO)Cc1cnn(C)c1. The van der Waals surface area contributed by atoms with Crippen LogP contribution in [-0.2, 0) is 13.6 Å². The van der Waals surface area contributed by atoms with Crippen molar-refractivity contribution in [2.45, 2.75) is 33.2 Å². The second-order valence-corrected chi connectivity index (χ2v) is 5.73. The quantitative estimate of drug-likeness (QED) is 0.339. The van der Waals surface area contributed by atoms with Gasteiger partial charge >= 0.3 is 0 Å². The molecule has 1 rings (SSSR count). The Morgan fingerprint density at radius 2 is 2.26 bits per heavy atom. The monoisotopic (exact) mass is 267 g/mol. The van der Waals surface area contributed by atoms with Gasteiger partial charge in [-0.1, -0.05) is 19.0 Å². The van der Waals surface area contributed by atoms with Gasteiger partial charge in [0.2, 0.25) is 0 Å². The van der Waals surface area contributed by atoms with Crippen molar-refractivity contribution in [1.29, 1.82) is 0 Å². The first kappa shape index (κ1) is 15.5. The van der Waals surface area contributed by atoms with Crippen LogP contribution in [0.15, 0.2) is 17.5 Å². The van der Waals surface area contributed by atoms with E-state index < -0.39 is 0 Å². The third-order valence-electron chi connectivity index (χ3n) is 3.35. The molecule has 0 aromatic carbocycles. The minimum Gasteiger partial charge on any atom is -0.409 e. The van der Waals surface area contributed by atoms with Crippen LogP contribution in [-0.4, -0.2) is 39.3 Å². The van der Waals surface area contributed by atoms with Gasteiger partial charge in [0.05, 0.1) is 6.20 Å². The van der Waals surface area contributed by atoms with Crippen molar-refractivity contribution in [3.05, 3.63) is 18.0 Å². The second kappa shape index (κ2) is 6.56. The van der Waals surface area contributed by atoms with Crippen LogP contribution in [0.3, 0.4) is 0 Å². The molecule has 108 valence electrons. The molecule has 1 aromatic rings. The van der Waals surface area contributed by atoms with Crippen molar-refractivity contribution in [3.8, 4) is 0 Å². The molecule has 6 nitrogen and oxygen atoms in total. The molecule has 0 spiro atoms. The number of amidine groups is 1. The molecule has 3 N–H and O–H groups in total. The molecule has 0 unspecified atom stereocenters. The Kier molecular flexibility index (Phi) is 5.35. The van der Waals surface area contributed by atoms with Gasteiger partial charge in [-0.2, -0.15) is 5.10 Å². The minimum atomic E-state index is -0.260. The summed E-state index contributed by atoms with van der Waals surface area (Å²) in [4.78, 5) is 2.25. The van der Waals surface area contributed by atoms with E-state index in [9.17, 15) is 0 Å². The smallest absolute Gasteiger partial charge is 0.144 e. The molecule has 0 bridgehead atoms. The van der Waals surface area contributed by atoms with E-state index in [-0.39, 0.29) is 5.41 Å². The van der Waals surface area contributed by atoms with Gasteiger partial charge in [0, 0.05) is 30.8 Å². The average molecular weight is 267 g/mol. The fourth-order valence-electron chi connectivity index (χ4n) is 2.00. The van der Waals surface area contributed by atoms with Crippen LogP contribution in [0.25, 0.3) is 0 Å². The summed E-state index contributed by atoms with van der Waals surface area (Å²) in [6.07, 6.45) is 5.80. The molecule has 0 aliphatic heterocycles. The molecule has 0 radical (unpaired) electrons. The maximum absolute atomic E-state index is 8.72. The molecule has 0 atom stereocenters. The lowest BCUT2D eigenvalue weighted by Gasteiger charge is -2.24. The summed E-state index contributed by atoms with van der Waals surface area (Å²) in [6.45, 7) is 5.83. The highest BCUT2D eigenvalue weighted by atomic mass is 16.4. The summed E-state index contributed by atoms with van der Waals surface area (Å²) < 4.78 is 1.81. The van der Waals surface area contributed by atoms with Crippen molar-refractivity contribution in [2.75, 3.05) is 13.6 Å². The van der Waals surface area contributed by atoms with E-state index in [1.165, 1.54) is 5.56 Å². The van der Waals surface area contributed by atoms with Crippen LogP contribution in [0.1, 0.15) is 32.3 Å². The Morgan fingerprint density at radius 1 is 1.58 bits per heavy atom. The molecular weight excluding hydrogens is 242 g/mol. The molecule has 1 heterocycles. The average Bonchev–Trinajstić information content (AvgIpc) is 2.73. The third-order valence-corrected chi connectivity index (χ3v) is 3.35. The van der Waals surface area contributed by atoms with Gasteiger partial charge in [0.15, 0.2) is 0 Å². The van der Waals surface area contributed by atoms with Crippen LogP contribution < -0.4 is 5.73 Å². The largest absolute Gasteiger partial charge is 0.409 e. The Hall–Kier alpha value is -1.56. The Bertz CT molecular complexity index is 424. The van der Waals surface area contributed by atoms with Crippen LogP contribution in [0.2, 0.25) is 0 Å². The zero-order chi connectivity index (χ0) is 14.5. The molecule has 0 fully saturated rings. The predicted molar refractivity (Wildman–Crippen MR) is 76.0 cm³/mol. The predicted octanol–water partition coefficient (Wildman–Crippen LogP) is 1.40. The fourth-order valence-corrected chi connectivity index (χ4v) is 2.00. The molecule has 0 aliphatic rings. The number of hydrogen-bond acceptors (Lipinski definition) is 4. The van der Waals surface area contributed by atoms with Gasteiger partial charge in [-0.15, -0.1) is 0 Å². The highest BCUT2D eigenvalue weighted by molar-refractivity contribution is 5.85. The first-order valence-corrected chi connectivity index (χ1v) is 6.49. The van der Waals surface area contributed by atoms with Gasteiger partial charge in [-0.25, -0.2) is 0 Å². The van der Waals surface area contributed by atoms with Gasteiger partial charge in [-0.3, -0.25) is 4.68 Å². The van der Waals surface area contributed by atoms with Crippen molar-refractivity contribution >= 4 is 5.84 Å². The zero-order valence-corrected chi connectivity index (χ0v) is 12.3. The number of nitrogens with two attached hydrogens (primary N) is 1. The number of hydrogen-bond donors (Lipinski definition) is 2. The summed E-state index contributed by atoms with van der Waals surface area (Å²) in [6, 6.07) is 0. The lowest BCUT2D eigenvalue weighted by molar-refractivity contribution is 0.287. The first-order valence-electron chi connectivity index (χ1n) is 6.49. The molecule has 0 saturated heterocycles. The molecule has 19 heavy (non-hydrogen) atoms. The summed E-state index contributed by atoms with van der Waals surface area (Å²) in [5, 5.41) is 16.0. The number of aryl methyl sites for hydroxylation is 1. The molecule has 0 saturated carbocycles. The summed E-state index contributed by atoms with van der Waals surface area (Å²) in [5.41, 5.74) is 6.62. The van der Waals surface area contributed by atoms with E-state index >= 15 is 0 Å². The van der Waals surface area contributed by atoms with E-state index in [1.807, 2.05) is 38.0 Å².